The van der Waals surface area contributed by atoms with Gasteiger partial charge in [0.2, 0.25) is 0 Å². The predicted molar refractivity (Wildman–Crippen MR) is 286 cm³/mol. The fourth-order valence-electron chi connectivity index (χ4n) is 11.5. The molecule has 2 aliphatic heterocycles. The molecule has 8 aromatic carbocycles. The number of ether oxygens (including phenoxy) is 1. The Labute approximate surface area is 404 Å². The van der Waals surface area contributed by atoms with E-state index in [2.05, 4.69) is 244 Å². The average molecular weight is 909 g/mol. The molecule has 0 saturated carbocycles. The average Bonchev–Trinajstić information content (AvgIpc) is 3.92. The molecule has 0 radical (unpaired) electrons. The summed E-state index contributed by atoms with van der Waals surface area (Å²) >= 11 is 0. The fraction of sp³-hybridized carbons (Fsp3) is 0.143. The molecule has 2 aliphatic rings. The standard InChI is InChI=1S/C63H52N4OSi/c1-62(2,3)40-34-35-64-58(36-40)67-54-29-12-10-22-46(54)47-33-32-43(38-56(47)67)68-42-19-14-18-41(37-42)65-39-66-60-50-25-15-26-51(60)48-23-11-13-31-57(48)69(6,7)63(4,5)53-28-16-24-49(44-20-8-9-21-45(44)50)59(53)52-27-17-30-55(65)61(52)66/h8-38H,1-7H3. The van der Waals surface area contributed by atoms with Gasteiger partial charge in [0.15, 0.2) is 0 Å². The highest BCUT2D eigenvalue weighted by Gasteiger charge is 2.46. The molecular formula is C63H52N4OSi. The summed E-state index contributed by atoms with van der Waals surface area (Å²) in [4.78, 5) is 4.92. The van der Waals surface area contributed by atoms with Crippen molar-refractivity contribution in [3.05, 3.63) is 206 Å². The van der Waals surface area contributed by atoms with Gasteiger partial charge >= 0.3 is 0 Å². The van der Waals surface area contributed by atoms with Crippen LogP contribution in [0.5, 0.6) is 11.5 Å². The topological polar surface area (TPSA) is 35.9 Å². The summed E-state index contributed by atoms with van der Waals surface area (Å²) in [5.74, 6) is 2.38. The second-order valence-electron chi connectivity index (χ2n) is 21.0. The van der Waals surface area contributed by atoms with E-state index >= 15 is 0 Å². The second kappa shape index (κ2) is 14.8. The van der Waals surface area contributed by atoms with Crippen molar-refractivity contribution in [3.8, 4) is 73.2 Å². The summed E-state index contributed by atoms with van der Waals surface area (Å²) in [6.07, 6.45) is 5.95. The van der Waals surface area contributed by atoms with E-state index in [4.69, 9.17) is 9.72 Å². The minimum Gasteiger partial charge on any atom is -0.458 e. The van der Waals surface area contributed by atoms with Crippen LogP contribution in [-0.2, 0) is 10.5 Å². The molecule has 3 aromatic heterocycles. The van der Waals surface area contributed by atoms with Gasteiger partial charge in [-0.3, -0.25) is 13.7 Å². The van der Waals surface area contributed by atoms with Crippen LogP contribution in [0.15, 0.2) is 188 Å². The smallest absolute Gasteiger partial charge is 0.269 e. The van der Waals surface area contributed by atoms with Gasteiger partial charge in [0, 0.05) is 23.0 Å². The molecule has 0 spiro atoms. The van der Waals surface area contributed by atoms with Crippen LogP contribution in [0.1, 0.15) is 45.7 Å². The first-order chi connectivity index (χ1) is 33.4. The normalized spacial score (nSPS) is 14.2. The van der Waals surface area contributed by atoms with Crippen LogP contribution in [0.3, 0.4) is 0 Å². The lowest BCUT2D eigenvalue weighted by molar-refractivity contribution is -0.570. The Balaban J connectivity index is 1.04. The van der Waals surface area contributed by atoms with Crippen LogP contribution >= 0.6 is 0 Å². The van der Waals surface area contributed by atoms with Crippen molar-refractivity contribution < 1.29 is 9.30 Å². The lowest BCUT2D eigenvalue weighted by atomic mass is 9.83. The maximum atomic E-state index is 6.89. The van der Waals surface area contributed by atoms with Crippen molar-refractivity contribution in [2.45, 2.75) is 58.2 Å². The van der Waals surface area contributed by atoms with Crippen LogP contribution in [0, 0.1) is 6.33 Å². The molecule has 2 bridgehead atoms. The molecule has 5 heterocycles. The summed E-state index contributed by atoms with van der Waals surface area (Å²) in [5, 5.41) is 3.62. The molecule has 0 fully saturated rings. The number of hydrogen-bond donors (Lipinski definition) is 0. The molecule has 334 valence electrons. The minimum atomic E-state index is -2.29. The SMILES string of the molecule is CC(C)(C)c1ccnc(-n2c3ccccc3c3ccc(Oc4cccc(-n5[c-][n+]6c7c(cccc75)-c5c7cccc5C(C)(C)[Si](C)(C)c5ccccc5-c5cccc(c5-6)-c5ccccc5-7)c4)cc32)c1. The maximum Gasteiger partial charge on any atom is 0.269 e. The van der Waals surface area contributed by atoms with Crippen molar-refractivity contribution in [1.29, 1.82) is 0 Å². The number of benzene rings is 8. The Hall–Kier alpha value is -7.80. The first-order valence-electron chi connectivity index (χ1n) is 24.1. The Morgan fingerprint density at radius 3 is 2.01 bits per heavy atom. The van der Waals surface area contributed by atoms with Gasteiger partial charge in [-0.05, 0) is 115 Å². The van der Waals surface area contributed by atoms with E-state index in [9.17, 15) is 0 Å². The van der Waals surface area contributed by atoms with E-state index in [1.807, 2.05) is 12.3 Å². The van der Waals surface area contributed by atoms with E-state index < -0.39 is 8.07 Å². The number of fused-ring (bicyclic) bond motifs is 8. The first kappa shape index (κ1) is 41.4. The maximum absolute atomic E-state index is 6.89. The second-order valence-corrected chi connectivity index (χ2v) is 26.0. The van der Waals surface area contributed by atoms with Gasteiger partial charge in [-0.15, -0.1) is 0 Å². The van der Waals surface area contributed by atoms with Crippen molar-refractivity contribution in [1.82, 2.24) is 14.1 Å². The van der Waals surface area contributed by atoms with Gasteiger partial charge in [-0.1, -0.05) is 180 Å². The zero-order valence-corrected chi connectivity index (χ0v) is 41.1. The van der Waals surface area contributed by atoms with Gasteiger partial charge in [-0.25, -0.2) is 4.98 Å². The van der Waals surface area contributed by atoms with Crippen LogP contribution < -0.4 is 14.5 Å². The molecule has 11 aromatic rings. The van der Waals surface area contributed by atoms with Crippen molar-refractivity contribution in [2.24, 2.45) is 0 Å². The highest BCUT2D eigenvalue weighted by molar-refractivity contribution is 6.93. The van der Waals surface area contributed by atoms with Gasteiger partial charge in [0.1, 0.15) is 17.3 Å². The number of imidazole rings is 1. The Morgan fingerprint density at radius 2 is 1.19 bits per heavy atom. The third-order valence-electron chi connectivity index (χ3n) is 15.7. The number of nitrogens with zero attached hydrogens (tertiary/aromatic N) is 4. The predicted octanol–water partition coefficient (Wildman–Crippen LogP) is 15.0. The lowest BCUT2D eigenvalue weighted by Gasteiger charge is -2.43. The van der Waals surface area contributed by atoms with Gasteiger partial charge in [-0.2, -0.15) is 0 Å². The molecule has 0 amide bonds. The van der Waals surface area contributed by atoms with E-state index in [0.717, 1.165) is 56.1 Å². The van der Waals surface area contributed by atoms with Crippen LogP contribution in [-0.4, -0.2) is 22.2 Å². The van der Waals surface area contributed by atoms with Crippen LogP contribution in [0.4, 0.5) is 0 Å². The summed E-state index contributed by atoms with van der Waals surface area (Å²) in [6, 6.07) is 66.8. The van der Waals surface area contributed by atoms with Gasteiger partial charge in [0.05, 0.1) is 41.5 Å². The largest absolute Gasteiger partial charge is 0.458 e. The summed E-state index contributed by atoms with van der Waals surface area (Å²) in [6.45, 7) is 16.9. The molecule has 0 saturated heterocycles. The van der Waals surface area contributed by atoms with Gasteiger partial charge in [0.25, 0.3) is 6.33 Å². The van der Waals surface area contributed by atoms with Crippen LogP contribution in [0.25, 0.3) is 94.5 Å². The number of rotatable bonds is 4. The van der Waals surface area contributed by atoms with Crippen LogP contribution in [0.2, 0.25) is 13.1 Å². The highest BCUT2D eigenvalue weighted by atomic mass is 28.3. The lowest BCUT2D eigenvalue weighted by Crippen LogP contribution is -2.58. The summed E-state index contributed by atoms with van der Waals surface area (Å²) < 4.78 is 13.8. The zero-order valence-electron chi connectivity index (χ0n) is 40.1. The minimum absolute atomic E-state index is 0.0197. The quantitative estimate of drug-likeness (QED) is 0.100. The van der Waals surface area contributed by atoms with E-state index in [1.165, 1.54) is 66.2 Å². The van der Waals surface area contributed by atoms with E-state index in [-0.39, 0.29) is 10.5 Å². The van der Waals surface area contributed by atoms with Crippen molar-refractivity contribution >= 4 is 46.1 Å². The molecular weight excluding hydrogens is 857 g/mol. The monoisotopic (exact) mass is 908 g/mol. The Morgan fingerprint density at radius 1 is 0.565 bits per heavy atom. The highest BCUT2D eigenvalue weighted by Crippen LogP contribution is 2.51. The van der Waals surface area contributed by atoms with Crippen molar-refractivity contribution in [3.63, 3.8) is 0 Å². The van der Waals surface area contributed by atoms with Gasteiger partial charge < -0.3 is 4.74 Å². The van der Waals surface area contributed by atoms with Crippen molar-refractivity contribution in [2.75, 3.05) is 0 Å². The zero-order chi connectivity index (χ0) is 47.0. The first-order valence-corrected chi connectivity index (χ1v) is 27.1. The number of pyridine rings is 1. The summed E-state index contributed by atoms with van der Waals surface area (Å²) in [7, 11) is -2.29. The Kier molecular flexibility index (Phi) is 8.91. The molecule has 0 N–H and O–H groups in total. The Bertz CT molecular complexity index is 3940. The number of para-hydroxylation sites is 3. The molecule has 0 aliphatic carbocycles. The molecule has 5 nitrogen and oxygen atoms in total. The molecule has 6 heteroatoms. The summed E-state index contributed by atoms with van der Waals surface area (Å²) in [5.41, 5.74) is 18.9. The third-order valence-corrected chi connectivity index (χ3v) is 20.9. The van der Waals surface area contributed by atoms with E-state index in [1.54, 1.807) is 0 Å². The molecule has 0 unspecified atom stereocenters. The number of aromatic nitrogens is 4. The van der Waals surface area contributed by atoms with E-state index in [0.29, 0.717) is 0 Å². The third kappa shape index (κ3) is 6.07. The molecule has 69 heavy (non-hydrogen) atoms. The molecule has 13 rings (SSSR count). The molecule has 0 atom stereocenters. The number of hydrogen-bond acceptors (Lipinski definition) is 2. The fourth-order valence-corrected chi connectivity index (χ4v) is 14.5.